The van der Waals surface area contributed by atoms with Gasteiger partial charge in [-0.1, -0.05) is 0 Å². The second kappa shape index (κ2) is 7.03. The van der Waals surface area contributed by atoms with Crippen LogP contribution in [0.15, 0.2) is 0 Å². The topological polar surface area (TPSA) is 21.7 Å². The molecule has 0 amide bonds. The highest BCUT2D eigenvalue weighted by Crippen LogP contribution is 2.17. The molecule has 0 saturated carbocycles. The van der Waals surface area contributed by atoms with E-state index >= 15 is 0 Å². The molecular weight excluding hydrogens is 211 g/mol. The van der Waals surface area contributed by atoms with Gasteiger partial charge in [-0.2, -0.15) is 13.2 Å². The van der Waals surface area contributed by atoms with Crippen molar-refractivity contribution in [3.63, 3.8) is 0 Å². The molecule has 1 saturated heterocycles. The van der Waals surface area contributed by atoms with Crippen LogP contribution in [0.1, 0.15) is 13.8 Å². The SMILES string of the molecule is CCOC1(C)CN(C)CCO1.FC(F)F. The number of nitrogens with zero attached hydrogens (tertiary/aromatic N) is 1. The van der Waals surface area contributed by atoms with E-state index < -0.39 is 6.68 Å². The molecule has 1 atom stereocenters. The molecule has 1 aliphatic rings. The first-order valence-corrected chi connectivity index (χ1v) is 4.78. The average Bonchev–Trinajstić information content (AvgIpc) is 2.01. The minimum atomic E-state index is -3.67. The molecule has 0 N–H and O–H groups in total. The van der Waals surface area contributed by atoms with Crippen LogP contribution >= 0.6 is 0 Å². The van der Waals surface area contributed by atoms with Crippen molar-refractivity contribution >= 4 is 0 Å². The Labute approximate surface area is 88.1 Å². The van der Waals surface area contributed by atoms with E-state index in [1.54, 1.807) is 0 Å². The Kier molecular flexibility index (Phi) is 6.87. The third-order valence-electron chi connectivity index (χ3n) is 1.89. The highest BCUT2D eigenvalue weighted by atomic mass is 19.4. The van der Waals surface area contributed by atoms with E-state index in [9.17, 15) is 13.2 Å². The van der Waals surface area contributed by atoms with Crippen molar-refractivity contribution in [1.82, 2.24) is 4.90 Å². The fourth-order valence-corrected chi connectivity index (χ4v) is 1.43. The van der Waals surface area contributed by atoms with Crippen molar-refractivity contribution in [2.75, 3.05) is 33.4 Å². The van der Waals surface area contributed by atoms with Gasteiger partial charge in [0.05, 0.1) is 13.2 Å². The van der Waals surface area contributed by atoms with E-state index in [1.807, 2.05) is 13.8 Å². The van der Waals surface area contributed by atoms with Crippen LogP contribution in [0.3, 0.4) is 0 Å². The van der Waals surface area contributed by atoms with Gasteiger partial charge in [0.2, 0.25) is 0 Å². The molecule has 92 valence electrons. The molecule has 1 fully saturated rings. The van der Waals surface area contributed by atoms with E-state index in [4.69, 9.17) is 9.47 Å². The number of likely N-dealkylation sites (N-methyl/N-ethyl adjacent to an activating group) is 1. The molecule has 1 aliphatic heterocycles. The largest absolute Gasteiger partial charge is 0.379 e. The van der Waals surface area contributed by atoms with E-state index in [1.165, 1.54) is 0 Å². The minimum absolute atomic E-state index is 0.373. The first-order valence-electron chi connectivity index (χ1n) is 4.78. The Morgan fingerprint density at radius 3 is 2.40 bits per heavy atom. The zero-order chi connectivity index (χ0) is 11.9. The first-order chi connectivity index (χ1) is 6.89. The van der Waals surface area contributed by atoms with E-state index in [2.05, 4.69) is 11.9 Å². The Morgan fingerprint density at radius 2 is 2.00 bits per heavy atom. The first kappa shape index (κ1) is 14.7. The average molecular weight is 229 g/mol. The maximum absolute atomic E-state index is 9.67. The molecule has 0 bridgehead atoms. The zero-order valence-electron chi connectivity index (χ0n) is 9.30. The smallest absolute Gasteiger partial charge is 0.349 e. The lowest BCUT2D eigenvalue weighted by Gasteiger charge is -2.38. The quantitative estimate of drug-likeness (QED) is 0.721. The lowest BCUT2D eigenvalue weighted by molar-refractivity contribution is -0.251. The van der Waals surface area contributed by atoms with E-state index in [-0.39, 0.29) is 5.79 Å². The number of ether oxygens (including phenoxy) is 2. The third-order valence-corrected chi connectivity index (χ3v) is 1.89. The van der Waals surface area contributed by atoms with Gasteiger partial charge in [0, 0.05) is 13.2 Å². The van der Waals surface area contributed by atoms with Crippen LogP contribution in [0.5, 0.6) is 0 Å². The minimum Gasteiger partial charge on any atom is -0.349 e. The molecule has 1 rings (SSSR count). The summed E-state index contributed by atoms with van der Waals surface area (Å²) in [5, 5.41) is 0. The van der Waals surface area contributed by atoms with Crippen molar-refractivity contribution in [2.24, 2.45) is 0 Å². The molecule has 0 radical (unpaired) electrons. The molecule has 0 spiro atoms. The Hall–Kier alpha value is -0.330. The summed E-state index contributed by atoms with van der Waals surface area (Å²) in [5.74, 6) is -0.373. The Balaban J connectivity index is 0.000000423. The van der Waals surface area contributed by atoms with Crippen molar-refractivity contribution in [3.05, 3.63) is 0 Å². The monoisotopic (exact) mass is 229 g/mol. The summed E-state index contributed by atoms with van der Waals surface area (Å²) in [7, 11) is 2.08. The maximum Gasteiger partial charge on any atom is 0.379 e. The van der Waals surface area contributed by atoms with Crippen LogP contribution in [-0.4, -0.2) is 50.7 Å². The molecule has 0 aromatic heterocycles. The Morgan fingerprint density at radius 1 is 1.47 bits per heavy atom. The van der Waals surface area contributed by atoms with Crippen molar-refractivity contribution < 1.29 is 22.6 Å². The zero-order valence-corrected chi connectivity index (χ0v) is 9.30. The van der Waals surface area contributed by atoms with Gasteiger partial charge in [0.1, 0.15) is 0 Å². The lowest BCUT2D eigenvalue weighted by Crippen LogP contribution is -2.50. The van der Waals surface area contributed by atoms with Gasteiger partial charge in [-0.3, -0.25) is 4.90 Å². The standard InChI is InChI=1S/C8H17NO2.CHF3/c1-4-10-8(2)7-9(3)5-6-11-8;2-1(3)4/h4-7H2,1-3H3;1H. The third kappa shape index (κ3) is 7.58. The second-order valence-electron chi connectivity index (χ2n) is 3.40. The van der Waals surface area contributed by atoms with Crippen LogP contribution in [0.2, 0.25) is 0 Å². The molecule has 1 heterocycles. The van der Waals surface area contributed by atoms with E-state index in [0.29, 0.717) is 6.61 Å². The van der Waals surface area contributed by atoms with Gasteiger partial charge >= 0.3 is 6.68 Å². The predicted molar refractivity (Wildman–Crippen MR) is 50.6 cm³/mol. The predicted octanol–water partition coefficient (Wildman–Crippen LogP) is 1.88. The van der Waals surface area contributed by atoms with Crippen LogP contribution < -0.4 is 0 Å². The van der Waals surface area contributed by atoms with Gasteiger partial charge in [-0.05, 0) is 20.9 Å². The fourth-order valence-electron chi connectivity index (χ4n) is 1.43. The number of rotatable bonds is 2. The molecule has 1 unspecified atom stereocenters. The summed E-state index contributed by atoms with van der Waals surface area (Å²) in [5.41, 5.74) is 0. The number of morpholine rings is 1. The molecule has 0 aromatic rings. The van der Waals surface area contributed by atoms with Crippen LogP contribution in [0.25, 0.3) is 0 Å². The van der Waals surface area contributed by atoms with Crippen LogP contribution in [-0.2, 0) is 9.47 Å². The summed E-state index contributed by atoms with van der Waals surface area (Å²) >= 11 is 0. The van der Waals surface area contributed by atoms with Crippen LogP contribution in [0, 0.1) is 0 Å². The summed E-state index contributed by atoms with van der Waals surface area (Å²) < 4.78 is 40.0. The number of alkyl halides is 3. The normalized spacial score (nSPS) is 27.4. The fraction of sp³-hybridized carbons (Fsp3) is 1.00. The molecule has 3 nitrogen and oxygen atoms in total. The lowest BCUT2D eigenvalue weighted by atomic mass is 10.2. The molecule has 0 aliphatic carbocycles. The van der Waals surface area contributed by atoms with Gasteiger partial charge in [-0.15, -0.1) is 0 Å². The summed E-state index contributed by atoms with van der Waals surface area (Å²) in [4.78, 5) is 2.22. The summed E-state index contributed by atoms with van der Waals surface area (Å²) in [6, 6.07) is 0. The van der Waals surface area contributed by atoms with Crippen molar-refractivity contribution in [1.29, 1.82) is 0 Å². The van der Waals surface area contributed by atoms with Gasteiger partial charge in [-0.25, -0.2) is 0 Å². The van der Waals surface area contributed by atoms with Crippen molar-refractivity contribution in [2.45, 2.75) is 26.3 Å². The molecule has 6 heteroatoms. The highest BCUT2D eigenvalue weighted by molar-refractivity contribution is 4.72. The number of hydrogen-bond acceptors (Lipinski definition) is 3. The Bertz CT molecular complexity index is 165. The summed E-state index contributed by atoms with van der Waals surface area (Å²) in [6.45, 7) is 3.66. The van der Waals surface area contributed by atoms with Gasteiger partial charge in [0.25, 0.3) is 0 Å². The van der Waals surface area contributed by atoms with Crippen LogP contribution in [0.4, 0.5) is 13.2 Å². The highest BCUT2D eigenvalue weighted by Gasteiger charge is 2.30. The number of halogens is 3. The molecular formula is C9H18F3NO2. The molecule has 15 heavy (non-hydrogen) atoms. The van der Waals surface area contributed by atoms with Gasteiger partial charge < -0.3 is 9.47 Å². The maximum atomic E-state index is 9.67. The number of hydrogen-bond donors (Lipinski definition) is 0. The molecule has 0 aromatic carbocycles. The van der Waals surface area contributed by atoms with Crippen molar-refractivity contribution in [3.8, 4) is 0 Å². The second-order valence-corrected chi connectivity index (χ2v) is 3.40. The summed E-state index contributed by atoms with van der Waals surface area (Å²) in [6.07, 6.45) is 0. The van der Waals surface area contributed by atoms with Gasteiger partial charge in [0.15, 0.2) is 5.79 Å². The van der Waals surface area contributed by atoms with E-state index in [0.717, 1.165) is 19.7 Å².